The summed E-state index contributed by atoms with van der Waals surface area (Å²) < 4.78 is 29.5. The normalized spacial score (nSPS) is 12.5. The number of carbonyl (C=O) groups is 2. The lowest BCUT2D eigenvalue weighted by molar-refractivity contribution is -0.155. The molecule has 3 rings (SSSR count). The number of hydrogen-bond acceptors (Lipinski definition) is 8. The summed E-state index contributed by atoms with van der Waals surface area (Å²) in [6.07, 6.45) is -0.777. The van der Waals surface area contributed by atoms with E-state index in [1.54, 1.807) is 65.8 Å². The molecular formula is C26H32FN5O5. The summed E-state index contributed by atoms with van der Waals surface area (Å²) in [5.41, 5.74) is -0.688. The fourth-order valence-electron chi connectivity index (χ4n) is 3.16. The maximum Gasteiger partial charge on any atom is 0.407 e. The zero-order chi connectivity index (χ0) is 27.2. The van der Waals surface area contributed by atoms with Gasteiger partial charge in [-0.3, -0.25) is 4.79 Å². The van der Waals surface area contributed by atoms with Crippen LogP contribution in [0.15, 0.2) is 48.5 Å². The molecule has 198 valence electrons. The van der Waals surface area contributed by atoms with Crippen LogP contribution in [0.1, 0.15) is 48.0 Å². The highest BCUT2D eigenvalue weighted by Crippen LogP contribution is 2.24. The number of esters is 1. The summed E-state index contributed by atoms with van der Waals surface area (Å²) in [4.78, 5) is 26.1. The summed E-state index contributed by atoms with van der Waals surface area (Å²) in [7, 11) is 0. The predicted octanol–water partition coefficient (Wildman–Crippen LogP) is 4.90. The van der Waals surface area contributed by atoms with E-state index in [2.05, 4.69) is 20.7 Å². The monoisotopic (exact) mass is 513 g/mol. The molecule has 0 bridgehead atoms. The zero-order valence-corrected chi connectivity index (χ0v) is 21.8. The largest absolute Gasteiger partial charge is 0.460 e. The number of carbonyl (C=O) groups excluding carboxylic acids is 2. The van der Waals surface area contributed by atoms with E-state index in [1.165, 1.54) is 29.1 Å². The molecule has 0 saturated heterocycles. The first-order chi connectivity index (χ1) is 17.3. The van der Waals surface area contributed by atoms with Gasteiger partial charge in [0.2, 0.25) is 5.82 Å². The van der Waals surface area contributed by atoms with E-state index in [-0.39, 0.29) is 18.8 Å². The second-order valence-electron chi connectivity index (χ2n) is 10.4. The Balaban J connectivity index is 1.68. The molecule has 0 aliphatic carbocycles. The van der Waals surface area contributed by atoms with Crippen LogP contribution in [0.5, 0.6) is 11.5 Å². The summed E-state index contributed by atoms with van der Waals surface area (Å²) in [6, 6.07) is 12.0. The Labute approximate surface area is 215 Å². The molecule has 1 heterocycles. The first-order valence-electron chi connectivity index (χ1n) is 11.8. The van der Waals surface area contributed by atoms with Crippen molar-refractivity contribution in [2.75, 3.05) is 0 Å². The van der Waals surface area contributed by atoms with Crippen molar-refractivity contribution in [3.8, 4) is 22.9 Å². The molecule has 0 saturated carbocycles. The zero-order valence-electron chi connectivity index (χ0n) is 21.8. The number of ether oxygens (including phenoxy) is 3. The minimum Gasteiger partial charge on any atom is -0.460 e. The molecule has 0 fully saturated rings. The highest BCUT2D eigenvalue weighted by atomic mass is 19.1. The van der Waals surface area contributed by atoms with E-state index in [4.69, 9.17) is 14.2 Å². The molecule has 0 aliphatic rings. The van der Waals surface area contributed by atoms with Gasteiger partial charge in [-0.05, 0) is 95.3 Å². The van der Waals surface area contributed by atoms with Crippen molar-refractivity contribution in [1.82, 2.24) is 25.5 Å². The number of alkyl carbamates (subject to hydrolysis) is 1. The lowest BCUT2D eigenvalue weighted by atomic mass is 10.1. The first kappa shape index (κ1) is 27.6. The van der Waals surface area contributed by atoms with Gasteiger partial charge >= 0.3 is 12.1 Å². The molecule has 1 atom stereocenters. The number of hydrogen-bond donors (Lipinski definition) is 1. The average Bonchev–Trinajstić information content (AvgIpc) is 3.21. The Bertz CT molecular complexity index is 1170. The SMILES string of the molecule is CC(C)(C)OC(=O)C[C@H](Cn1nnc(-c2ccc(Oc3ccc(F)cc3)cc2)n1)NC(=O)OC(C)(C)C. The molecule has 37 heavy (non-hydrogen) atoms. The van der Waals surface area contributed by atoms with E-state index in [9.17, 15) is 14.0 Å². The lowest BCUT2D eigenvalue weighted by Gasteiger charge is -2.24. The maximum atomic E-state index is 13.1. The average molecular weight is 514 g/mol. The summed E-state index contributed by atoms with van der Waals surface area (Å²) >= 11 is 0. The molecule has 3 aromatic rings. The number of aromatic nitrogens is 4. The number of rotatable bonds is 8. The lowest BCUT2D eigenvalue weighted by Crippen LogP contribution is -2.43. The van der Waals surface area contributed by atoms with Crippen LogP contribution in [-0.4, -0.2) is 49.5 Å². The third-order valence-corrected chi connectivity index (χ3v) is 4.55. The molecule has 0 spiro atoms. The third-order valence-electron chi connectivity index (χ3n) is 4.55. The van der Waals surface area contributed by atoms with Gasteiger partial charge in [-0.2, -0.15) is 4.80 Å². The van der Waals surface area contributed by atoms with Gasteiger partial charge in [0.1, 0.15) is 28.5 Å². The van der Waals surface area contributed by atoms with Gasteiger partial charge in [0.15, 0.2) is 0 Å². The minimum absolute atomic E-state index is 0.0667. The second-order valence-corrected chi connectivity index (χ2v) is 10.4. The number of amides is 1. The number of nitrogens with zero attached hydrogens (tertiary/aromatic N) is 4. The van der Waals surface area contributed by atoms with Gasteiger partial charge < -0.3 is 19.5 Å². The third kappa shape index (κ3) is 9.51. The van der Waals surface area contributed by atoms with Crippen molar-refractivity contribution in [2.24, 2.45) is 0 Å². The Hall–Kier alpha value is -4.02. The highest BCUT2D eigenvalue weighted by molar-refractivity contribution is 5.73. The maximum absolute atomic E-state index is 13.1. The van der Waals surface area contributed by atoms with Crippen LogP contribution in [0.4, 0.5) is 9.18 Å². The molecule has 11 heteroatoms. The summed E-state index contributed by atoms with van der Waals surface area (Å²) in [5, 5.41) is 15.2. The highest BCUT2D eigenvalue weighted by Gasteiger charge is 2.25. The van der Waals surface area contributed by atoms with E-state index in [1.807, 2.05) is 0 Å². The van der Waals surface area contributed by atoms with E-state index in [0.717, 1.165) is 0 Å². The minimum atomic E-state index is -0.703. The first-order valence-corrected chi connectivity index (χ1v) is 11.8. The van der Waals surface area contributed by atoms with Crippen molar-refractivity contribution < 1.29 is 28.2 Å². The van der Waals surface area contributed by atoms with Gasteiger partial charge in [-0.1, -0.05) is 0 Å². The number of nitrogens with one attached hydrogen (secondary N) is 1. The molecule has 1 N–H and O–H groups in total. The molecule has 2 aromatic carbocycles. The van der Waals surface area contributed by atoms with Crippen LogP contribution >= 0.6 is 0 Å². The number of benzene rings is 2. The molecule has 1 aromatic heterocycles. The van der Waals surface area contributed by atoms with Crippen LogP contribution < -0.4 is 10.1 Å². The molecule has 10 nitrogen and oxygen atoms in total. The Morgan fingerprint density at radius 2 is 1.49 bits per heavy atom. The van der Waals surface area contributed by atoms with E-state index < -0.39 is 29.3 Å². The van der Waals surface area contributed by atoms with Crippen LogP contribution in [0.3, 0.4) is 0 Å². The van der Waals surface area contributed by atoms with Crippen molar-refractivity contribution in [3.05, 3.63) is 54.3 Å². The van der Waals surface area contributed by atoms with Gasteiger partial charge in [-0.15, -0.1) is 10.2 Å². The Morgan fingerprint density at radius 1 is 0.919 bits per heavy atom. The van der Waals surface area contributed by atoms with E-state index in [0.29, 0.717) is 22.9 Å². The van der Waals surface area contributed by atoms with Gasteiger partial charge in [0.05, 0.1) is 19.0 Å². The molecular weight excluding hydrogens is 481 g/mol. The number of halogens is 1. The van der Waals surface area contributed by atoms with Crippen LogP contribution in [-0.2, 0) is 20.8 Å². The van der Waals surface area contributed by atoms with E-state index >= 15 is 0 Å². The van der Waals surface area contributed by atoms with Crippen molar-refractivity contribution in [2.45, 2.75) is 71.8 Å². The standard InChI is InChI=1S/C26H32FN5O5/c1-25(2,3)36-22(33)15-19(28-24(34)37-26(4,5)6)16-32-30-23(29-31-32)17-7-11-20(12-8-17)35-21-13-9-18(27)10-14-21/h7-14,19H,15-16H2,1-6H3,(H,28,34)/t19-/m1/s1. The van der Waals surface area contributed by atoms with Crippen molar-refractivity contribution in [1.29, 1.82) is 0 Å². The summed E-state index contributed by atoms with van der Waals surface area (Å²) in [5.74, 6) is 0.590. The molecule has 1 amide bonds. The fraction of sp³-hybridized carbons (Fsp3) is 0.423. The van der Waals surface area contributed by atoms with Gasteiger partial charge in [0.25, 0.3) is 0 Å². The number of tetrazole rings is 1. The molecule has 0 aliphatic heterocycles. The summed E-state index contributed by atoms with van der Waals surface area (Å²) in [6.45, 7) is 10.6. The van der Waals surface area contributed by atoms with Crippen LogP contribution in [0.2, 0.25) is 0 Å². The smallest absolute Gasteiger partial charge is 0.407 e. The Morgan fingerprint density at radius 3 is 2.05 bits per heavy atom. The van der Waals surface area contributed by atoms with Crippen LogP contribution in [0, 0.1) is 5.82 Å². The van der Waals surface area contributed by atoms with Gasteiger partial charge in [0, 0.05) is 5.56 Å². The van der Waals surface area contributed by atoms with Crippen LogP contribution in [0.25, 0.3) is 11.4 Å². The molecule has 0 radical (unpaired) electrons. The van der Waals surface area contributed by atoms with Gasteiger partial charge in [-0.25, -0.2) is 9.18 Å². The topological polar surface area (TPSA) is 117 Å². The quantitative estimate of drug-likeness (QED) is 0.423. The second kappa shape index (κ2) is 11.4. The Kier molecular flexibility index (Phi) is 8.46. The predicted molar refractivity (Wildman–Crippen MR) is 133 cm³/mol. The van der Waals surface area contributed by atoms with Crippen molar-refractivity contribution >= 4 is 12.1 Å². The van der Waals surface area contributed by atoms with Crippen molar-refractivity contribution in [3.63, 3.8) is 0 Å². The fourth-order valence-corrected chi connectivity index (χ4v) is 3.16. The molecule has 0 unspecified atom stereocenters.